The third-order valence-electron chi connectivity index (χ3n) is 2.91. The Labute approximate surface area is 112 Å². The van der Waals surface area contributed by atoms with E-state index in [0.29, 0.717) is 5.56 Å². The Hall–Kier alpha value is -2.17. The minimum Gasteiger partial charge on any atom is -0.288 e. The van der Waals surface area contributed by atoms with Gasteiger partial charge in [-0.25, -0.2) is 4.39 Å². The van der Waals surface area contributed by atoms with E-state index in [1.807, 2.05) is 0 Å². The van der Waals surface area contributed by atoms with Crippen LogP contribution in [0, 0.1) is 12.7 Å². The van der Waals surface area contributed by atoms with Crippen LogP contribution in [0.25, 0.3) is 0 Å². The molecule has 2 aromatic carbocycles. The number of hydrogen-bond donors (Lipinski definition) is 0. The molecule has 0 N–H and O–H groups in total. The van der Waals surface area contributed by atoms with E-state index >= 15 is 0 Å². The van der Waals surface area contributed by atoms with Gasteiger partial charge in [0, 0.05) is 5.56 Å². The van der Waals surface area contributed by atoms with E-state index in [1.54, 1.807) is 0 Å². The van der Waals surface area contributed by atoms with Gasteiger partial charge < -0.3 is 0 Å². The van der Waals surface area contributed by atoms with Crippen molar-refractivity contribution in [3.8, 4) is 0 Å². The Balaban J connectivity index is 2.37. The van der Waals surface area contributed by atoms with Gasteiger partial charge in [0.05, 0.1) is 11.1 Å². The Bertz CT molecular complexity index is 642. The van der Waals surface area contributed by atoms with Crippen LogP contribution in [0.5, 0.6) is 0 Å². The van der Waals surface area contributed by atoms with E-state index in [-0.39, 0.29) is 11.1 Å². The predicted molar refractivity (Wildman–Crippen MR) is 66.0 cm³/mol. The molecular formula is C15H10F4O. The van der Waals surface area contributed by atoms with Crippen LogP contribution in [0.3, 0.4) is 0 Å². The van der Waals surface area contributed by atoms with Gasteiger partial charge in [0.25, 0.3) is 0 Å². The molecule has 0 aliphatic rings. The van der Waals surface area contributed by atoms with Crippen LogP contribution in [0.2, 0.25) is 0 Å². The van der Waals surface area contributed by atoms with Crippen molar-refractivity contribution in [3.63, 3.8) is 0 Å². The predicted octanol–water partition coefficient (Wildman–Crippen LogP) is 4.38. The molecule has 0 spiro atoms. The van der Waals surface area contributed by atoms with Crippen molar-refractivity contribution in [1.82, 2.24) is 0 Å². The highest BCUT2D eigenvalue weighted by Crippen LogP contribution is 2.29. The molecule has 20 heavy (non-hydrogen) atoms. The topological polar surface area (TPSA) is 17.1 Å². The lowest BCUT2D eigenvalue weighted by Gasteiger charge is -2.08. The molecule has 2 aromatic rings. The zero-order valence-corrected chi connectivity index (χ0v) is 10.5. The molecule has 0 aromatic heterocycles. The fourth-order valence-electron chi connectivity index (χ4n) is 1.79. The smallest absolute Gasteiger partial charge is 0.288 e. The second kappa shape index (κ2) is 5.07. The fraction of sp³-hybridized carbons (Fsp3) is 0.133. The maximum atomic E-state index is 13.8. The first-order valence-corrected chi connectivity index (χ1v) is 5.78. The molecular weight excluding hydrogens is 272 g/mol. The summed E-state index contributed by atoms with van der Waals surface area (Å²) in [5.41, 5.74) is -0.672. The second-order valence-electron chi connectivity index (χ2n) is 4.34. The number of hydrogen-bond acceptors (Lipinski definition) is 1. The molecule has 0 aliphatic heterocycles. The minimum absolute atomic E-state index is 0.0162. The van der Waals surface area contributed by atoms with Crippen LogP contribution >= 0.6 is 0 Å². The van der Waals surface area contributed by atoms with Crippen molar-refractivity contribution < 1.29 is 22.4 Å². The zero-order valence-electron chi connectivity index (χ0n) is 10.5. The number of benzene rings is 2. The molecule has 0 aliphatic carbocycles. The van der Waals surface area contributed by atoms with Gasteiger partial charge in [0.2, 0.25) is 0 Å². The van der Waals surface area contributed by atoms with Crippen molar-refractivity contribution >= 4 is 5.78 Å². The molecule has 0 unspecified atom stereocenters. The zero-order chi connectivity index (χ0) is 14.9. The Morgan fingerprint density at radius 2 is 1.60 bits per heavy atom. The van der Waals surface area contributed by atoms with Gasteiger partial charge in [-0.05, 0) is 30.7 Å². The maximum Gasteiger partial charge on any atom is 0.416 e. The molecule has 104 valence electrons. The van der Waals surface area contributed by atoms with Crippen LogP contribution in [0.1, 0.15) is 27.0 Å². The molecule has 0 atom stereocenters. The molecule has 0 saturated heterocycles. The summed E-state index contributed by atoms with van der Waals surface area (Å²) in [7, 11) is 0. The van der Waals surface area contributed by atoms with Crippen LogP contribution in [0.4, 0.5) is 17.6 Å². The quantitative estimate of drug-likeness (QED) is 0.590. The van der Waals surface area contributed by atoms with E-state index in [0.717, 1.165) is 24.3 Å². The number of carbonyl (C=O) groups is 1. The van der Waals surface area contributed by atoms with Crippen LogP contribution in [0.15, 0.2) is 42.5 Å². The number of rotatable bonds is 2. The lowest BCUT2D eigenvalue weighted by Crippen LogP contribution is -2.08. The van der Waals surface area contributed by atoms with Crippen LogP contribution in [-0.2, 0) is 6.18 Å². The first kappa shape index (κ1) is 14.2. The molecule has 0 fully saturated rings. The molecule has 0 bridgehead atoms. The van der Waals surface area contributed by atoms with Crippen molar-refractivity contribution in [1.29, 1.82) is 0 Å². The number of halogens is 4. The molecule has 0 radical (unpaired) electrons. The third-order valence-corrected chi connectivity index (χ3v) is 2.91. The third kappa shape index (κ3) is 2.71. The number of alkyl halides is 3. The number of aryl methyl sites for hydroxylation is 1. The molecule has 0 saturated carbocycles. The Kier molecular flexibility index (Phi) is 3.61. The summed E-state index contributed by atoms with van der Waals surface area (Å²) in [5, 5.41) is 0. The van der Waals surface area contributed by atoms with Gasteiger partial charge in [0.1, 0.15) is 5.82 Å². The Morgan fingerprint density at radius 1 is 1.00 bits per heavy atom. The summed E-state index contributed by atoms with van der Waals surface area (Å²) in [4.78, 5) is 12.1. The lowest BCUT2D eigenvalue weighted by atomic mass is 10.00. The summed E-state index contributed by atoms with van der Waals surface area (Å²) in [6.45, 7) is 1.51. The SMILES string of the molecule is Cc1cccc(C(=O)c2ccc(C(F)(F)F)cc2)c1F. The van der Waals surface area contributed by atoms with E-state index in [2.05, 4.69) is 0 Å². The molecule has 2 rings (SSSR count). The van der Waals surface area contributed by atoms with Crippen LogP contribution < -0.4 is 0 Å². The summed E-state index contributed by atoms with van der Waals surface area (Å²) >= 11 is 0. The standard InChI is InChI=1S/C15H10F4O/c1-9-3-2-4-12(13(9)16)14(20)10-5-7-11(8-6-10)15(17,18)19/h2-8H,1H3. The summed E-state index contributed by atoms with van der Waals surface area (Å²) in [6.07, 6.45) is -4.46. The van der Waals surface area contributed by atoms with Gasteiger partial charge in [-0.1, -0.05) is 24.3 Å². The summed E-state index contributed by atoms with van der Waals surface area (Å²) in [5.74, 6) is -1.29. The molecule has 1 nitrogen and oxygen atoms in total. The van der Waals surface area contributed by atoms with Crippen LogP contribution in [-0.4, -0.2) is 5.78 Å². The van der Waals surface area contributed by atoms with Crippen molar-refractivity contribution in [2.24, 2.45) is 0 Å². The monoisotopic (exact) mass is 282 g/mol. The fourth-order valence-corrected chi connectivity index (χ4v) is 1.79. The van der Waals surface area contributed by atoms with Gasteiger partial charge in [-0.2, -0.15) is 13.2 Å². The first-order chi connectivity index (χ1) is 9.30. The number of carbonyl (C=O) groups excluding carboxylic acids is 1. The van der Waals surface area contributed by atoms with Gasteiger partial charge >= 0.3 is 6.18 Å². The summed E-state index contributed by atoms with van der Waals surface area (Å²) in [6, 6.07) is 8.05. The van der Waals surface area contributed by atoms with E-state index in [1.165, 1.54) is 25.1 Å². The Morgan fingerprint density at radius 3 is 2.15 bits per heavy atom. The highest BCUT2D eigenvalue weighted by Gasteiger charge is 2.30. The average molecular weight is 282 g/mol. The van der Waals surface area contributed by atoms with E-state index in [4.69, 9.17) is 0 Å². The summed E-state index contributed by atoms with van der Waals surface area (Å²) < 4.78 is 51.1. The molecule has 5 heteroatoms. The minimum atomic E-state index is -4.46. The van der Waals surface area contributed by atoms with E-state index in [9.17, 15) is 22.4 Å². The first-order valence-electron chi connectivity index (χ1n) is 5.78. The highest BCUT2D eigenvalue weighted by molar-refractivity contribution is 6.09. The van der Waals surface area contributed by atoms with E-state index < -0.39 is 23.3 Å². The van der Waals surface area contributed by atoms with Gasteiger partial charge in [-0.15, -0.1) is 0 Å². The van der Waals surface area contributed by atoms with Gasteiger partial charge in [0.15, 0.2) is 5.78 Å². The van der Waals surface area contributed by atoms with Gasteiger partial charge in [-0.3, -0.25) is 4.79 Å². The lowest BCUT2D eigenvalue weighted by molar-refractivity contribution is -0.137. The van der Waals surface area contributed by atoms with Crippen molar-refractivity contribution in [2.75, 3.05) is 0 Å². The molecule has 0 amide bonds. The number of ketones is 1. The second-order valence-corrected chi connectivity index (χ2v) is 4.34. The maximum absolute atomic E-state index is 13.8. The molecule has 0 heterocycles. The van der Waals surface area contributed by atoms with Crippen molar-refractivity contribution in [2.45, 2.75) is 13.1 Å². The average Bonchev–Trinajstić information content (AvgIpc) is 2.40. The largest absolute Gasteiger partial charge is 0.416 e. The highest BCUT2D eigenvalue weighted by atomic mass is 19.4. The van der Waals surface area contributed by atoms with Crippen molar-refractivity contribution in [3.05, 3.63) is 70.5 Å². The normalized spacial score (nSPS) is 11.4.